The second-order valence-corrected chi connectivity index (χ2v) is 5.75. The molecule has 8 nitrogen and oxygen atoms in total. The van der Waals surface area contributed by atoms with E-state index in [1.54, 1.807) is 12.1 Å². The van der Waals surface area contributed by atoms with Crippen LogP contribution in [-0.2, 0) is 13.0 Å². The molecule has 4 rings (SSSR count). The summed E-state index contributed by atoms with van der Waals surface area (Å²) in [4.78, 5) is 35.4. The molecule has 0 spiro atoms. The second kappa shape index (κ2) is 6.32. The van der Waals surface area contributed by atoms with E-state index in [2.05, 4.69) is 15.0 Å². The van der Waals surface area contributed by atoms with Gasteiger partial charge in [0.15, 0.2) is 22.9 Å². The van der Waals surface area contributed by atoms with Crippen molar-refractivity contribution in [3.63, 3.8) is 0 Å². The second-order valence-electron chi connectivity index (χ2n) is 5.75. The number of benzene rings is 1. The molecule has 0 aliphatic heterocycles. The van der Waals surface area contributed by atoms with Crippen molar-refractivity contribution in [1.29, 1.82) is 0 Å². The first kappa shape index (κ1) is 15.8. The van der Waals surface area contributed by atoms with Crippen LogP contribution in [0.1, 0.15) is 16.1 Å². The maximum Gasteiger partial charge on any atom is 0.327 e. The van der Waals surface area contributed by atoms with Gasteiger partial charge in [0.2, 0.25) is 0 Å². The molecule has 1 aromatic carbocycles. The number of furan rings is 1. The molecular weight excluding hydrogens is 334 g/mol. The molecule has 0 bridgehead atoms. The summed E-state index contributed by atoms with van der Waals surface area (Å²) in [6, 6.07) is 13.1. The van der Waals surface area contributed by atoms with Gasteiger partial charge >= 0.3 is 5.69 Å². The average Bonchev–Trinajstić information content (AvgIpc) is 3.27. The van der Waals surface area contributed by atoms with Crippen LogP contribution in [0.25, 0.3) is 22.7 Å². The van der Waals surface area contributed by atoms with E-state index in [-0.39, 0.29) is 22.7 Å². The summed E-state index contributed by atoms with van der Waals surface area (Å²) in [5.74, 6) is -0.164. The SMILES string of the molecule is NC(=O)c1nc(-c2ccco2)nc2c1[nH]c(=O)n2CCc1ccccc1. The molecule has 4 aromatic rings. The Kier molecular flexibility index (Phi) is 3.85. The zero-order valence-corrected chi connectivity index (χ0v) is 13.7. The van der Waals surface area contributed by atoms with Gasteiger partial charge in [-0.3, -0.25) is 9.36 Å². The maximum atomic E-state index is 12.4. The summed E-state index contributed by atoms with van der Waals surface area (Å²) in [6.45, 7) is 0.398. The van der Waals surface area contributed by atoms with Crippen LogP contribution in [-0.4, -0.2) is 25.4 Å². The zero-order valence-electron chi connectivity index (χ0n) is 13.7. The van der Waals surface area contributed by atoms with Gasteiger partial charge in [0, 0.05) is 6.54 Å². The van der Waals surface area contributed by atoms with Gasteiger partial charge in [-0.2, -0.15) is 0 Å². The molecule has 0 unspecified atom stereocenters. The predicted octanol–water partition coefficient (Wildman–Crippen LogP) is 1.72. The number of nitrogens with zero attached hydrogens (tertiary/aromatic N) is 3. The van der Waals surface area contributed by atoms with E-state index < -0.39 is 5.91 Å². The van der Waals surface area contributed by atoms with Crippen LogP contribution in [0.5, 0.6) is 0 Å². The van der Waals surface area contributed by atoms with Crippen LogP contribution in [0.4, 0.5) is 0 Å². The number of aryl methyl sites for hydroxylation is 2. The van der Waals surface area contributed by atoms with Gasteiger partial charge in [0.1, 0.15) is 5.52 Å². The van der Waals surface area contributed by atoms with Crippen molar-refractivity contribution in [2.45, 2.75) is 13.0 Å². The Morgan fingerprint density at radius 3 is 2.65 bits per heavy atom. The molecule has 0 aliphatic carbocycles. The summed E-state index contributed by atoms with van der Waals surface area (Å²) >= 11 is 0. The number of hydrogen-bond donors (Lipinski definition) is 2. The molecule has 0 radical (unpaired) electrons. The standard InChI is InChI=1S/C18H15N5O3/c19-15(24)13-14-17(22-16(20-13)12-7-4-10-26-12)23(18(25)21-14)9-8-11-5-2-1-3-6-11/h1-7,10H,8-9H2,(H2,19,24)(H,21,25). The molecule has 0 aliphatic rings. The van der Waals surface area contributed by atoms with Crippen molar-refractivity contribution in [3.8, 4) is 11.6 Å². The third kappa shape index (κ3) is 2.77. The van der Waals surface area contributed by atoms with Crippen molar-refractivity contribution in [3.05, 3.63) is 70.5 Å². The van der Waals surface area contributed by atoms with E-state index in [0.717, 1.165) is 5.56 Å². The zero-order chi connectivity index (χ0) is 18.1. The molecular formula is C18H15N5O3. The number of carbonyl (C=O) groups is 1. The molecule has 0 atom stereocenters. The molecule has 26 heavy (non-hydrogen) atoms. The molecule has 1 amide bonds. The number of H-pyrrole nitrogens is 1. The lowest BCUT2D eigenvalue weighted by Gasteiger charge is -2.05. The number of amides is 1. The lowest BCUT2D eigenvalue weighted by atomic mass is 10.1. The van der Waals surface area contributed by atoms with Crippen LogP contribution in [0.15, 0.2) is 57.9 Å². The minimum atomic E-state index is -0.748. The Bertz CT molecular complexity index is 1130. The van der Waals surface area contributed by atoms with Crippen molar-refractivity contribution in [2.24, 2.45) is 5.73 Å². The Hall–Kier alpha value is -3.68. The topological polar surface area (TPSA) is 120 Å². The molecule has 3 N–H and O–H groups in total. The van der Waals surface area contributed by atoms with Crippen LogP contribution in [0.2, 0.25) is 0 Å². The summed E-state index contributed by atoms with van der Waals surface area (Å²) < 4.78 is 6.78. The van der Waals surface area contributed by atoms with E-state index in [0.29, 0.717) is 24.4 Å². The number of fused-ring (bicyclic) bond motifs is 1. The normalized spacial score (nSPS) is 11.1. The van der Waals surface area contributed by atoms with Gasteiger partial charge < -0.3 is 15.1 Å². The molecule has 130 valence electrons. The highest BCUT2D eigenvalue weighted by Gasteiger charge is 2.20. The Labute approximate surface area is 147 Å². The number of aromatic amines is 1. The highest BCUT2D eigenvalue weighted by molar-refractivity contribution is 6.01. The minimum absolute atomic E-state index is 0.0445. The fourth-order valence-electron chi connectivity index (χ4n) is 2.82. The first-order valence-electron chi connectivity index (χ1n) is 8.01. The Morgan fingerprint density at radius 1 is 1.15 bits per heavy atom. The number of imidazole rings is 1. The number of hydrogen-bond acceptors (Lipinski definition) is 5. The monoisotopic (exact) mass is 349 g/mol. The van der Waals surface area contributed by atoms with Crippen LogP contribution >= 0.6 is 0 Å². The van der Waals surface area contributed by atoms with Crippen LogP contribution in [0, 0.1) is 0 Å². The molecule has 8 heteroatoms. The fourth-order valence-corrected chi connectivity index (χ4v) is 2.82. The van der Waals surface area contributed by atoms with Crippen molar-refractivity contribution >= 4 is 17.1 Å². The molecule has 0 saturated carbocycles. The first-order chi connectivity index (χ1) is 12.6. The number of primary amides is 1. The Balaban J connectivity index is 1.83. The third-order valence-corrected chi connectivity index (χ3v) is 4.06. The van der Waals surface area contributed by atoms with Crippen LogP contribution < -0.4 is 11.4 Å². The fraction of sp³-hybridized carbons (Fsp3) is 0.111. The maximum absolute atomic E-state index is 12.4. The first-order valence-corrected chi connectivity index (χ1v) is 8.01. The summed E-state index contributed by atoms with van der Waals surface area (Å²) in [5.41, 5.74) is 6.66. The number of carbonyl (C=O) groups excluding carboxylic acids is 1. The van der Waals surface area contributed by atoms with E-state index in [9.17, 15) is 9.59 Å². The lowest BCUT2D eigenvalue weighted by molar-refractivity contribution is 0.0997. The molecule has 0 saturated heterocycles. The lowest BCUT2D eigenvalue weighted by Crippen LogP contribution is -2.18. The highest BCUT2D eigenvalue weighted by Crippen LogP contribution is 2.20. The molecule has 3 heterocycles. The minimum Gasteiger partial charge on any atom is -0.461 e. The molecule has 0 fully saturated rings. The highest BCUT2D eigenvalue weighted by atomic mass is 16.3. The quantitative estimate of drug-likeness (QED) is 0.568. The summed E-state index contributed by atoms with van der Waals surface area (Å²) in [7, 11) is 0. The Morgan fingerprint density at radius 2 is 1.96 bits per heavy atom. The van der Waals surface area contributed by atoms with Gasteiger partial charge in [-0.05, 0) is 24.1 Å². The third-order valence-electron chi connectivity index (χ3n) is 4.06. The van der Waals surface area contributed by atoms with Crippen molar-refractivity contribution < 1.29 is 9.21 Å². The van der Waals surface area contributed by atoms with E-state index in [1.165, 1.54) is 10.8 Å². The summed E-state index contributed by atoms with van der Waals surface area (Å²) in [5, 5.41) is 0. The van der Waals surface area contributed by atoms with Crippen molar-refractivity contribution in [2.75, 3.05) is 0 Å². The van der Waals surface area contributed by atoms with E-state index in [4.69, 9.17) is 10.2 Å². The average molecular weight is 349 g/mol. The van der Waals surface area contributed by atoms with Gasteiger partial charge in [-0.1, -0.05) is 30.3 Å². The number of nitrogens with two attached hydrogens (primary N) is 1. The predicted molar refractivity (Wildman–Crippen MR) is 94.5 cm³/mol. The van der Waals surface area contributed by atoms with E-state index in [1.807, 2.05) is 30.3 Å². The van der Waals surface area contributed by atoms with Gasteiger partial charge in [0.25, 0.3) is 5.91 Å². The van der Waals surface area contributed by atoms with Crippen molar-refractivity contribution in [1.82, 2.24) is 19.5 Å². The molecule has 3 aromatic heterocycles. The largest absolute Gasteiger partial charge is 0.461 e. The summed E-state index contributed by atoms with van der Waals surface area (Å²) in [6.07, 6.45) is 2.12. The van der Waals surface area contributed by atoms with Gasteiger partial charge in [-0.15, -0.1) is 0 Å². The van der Waals surface area contributed by atoms with Gasteiger partial charge in [0.05, 0.1) is 6.26 Å². The smallest absolute Gasteiger partial charge is 0.327 e. The van der Waals surface area contributed by atoms with Crippen LogP contribution in [0.3, 0.4) is 0 Å². The number of nitrogens with one attached hydrogen (secondary N) is 1. The number of rotatable bonds is 5. The van der Waals surface area contributed by atoms with Gasteiger partial charge in [-0.25, -0.2) is 14.8 Å². The van der Waals surface area contributed by atoms with E-state index >= 15 is 0 Å². The number of aromatic nitrogens is 4.